The van der Waals surface area contributed by atoms with Gasteiger partial charge in [0.1, 0.15) is 10.8 Å². The van der Waals surface area contributed by atoms with Crippen LogP contribution in [0.15, 0.2) is 46.6 Å². The highest BCUT2D eigenvalue weighted by Gasteiger charge is 2.14. The predicted octanol–water partition coefficient (Wildman–Crippen LogP) is 2.65. The van der Waals surface area contributed by atoms with E-state index in [9.17, 15) is 9.90 Å². The van der Waals surface area contributed by atoms with Crippen molar-refractivity contribution in [2.75, 3.05) is 0 Å². The molecule has 108 valence electrons. The topological polar surface area (TPSA) is 80.4 Å². The van der Waals surface area contributed by atoms with E-state index < -0.39 is 0 Å². The van der Waals surface area contributed by atoms with Crippen molar-refractivity contribution >= 4 is 27.6 Å². The van der Waals surface area contributed by atoms with Crippen molar-refractivity contribution in [3.05, 3.63) is 52.1 Å². The predicted molar refractivity (Wildman–Crippen MR) is 85.3 cm³/mol. The number of hydrogen-bond donors (Lipinski definition) is 1. The van der Waals surface area contributed by atoms with Gasteiger partial charge in [-0.25, -0.2) is 0 Å². The van der Waals surface area contributed by atoms with Crippen LogP contribution in [0.4, 0.5) is 0 Å². The second-order valence-electron chi connectivity index (χ2n) is 4.48. The molecule has 0 spiro atoms. The van der Waals surface area contributed by atoms with Gasteiger partial charge in [0.05, 0.1) is 4.88 Å². The Morgan fingerprint density at radius 2 is 1.91 bits per heavy atom. The molecule has 6 nitrogen and oxygen atoms in total. The van der Waals surface area contributed by atoms with E-state index in [4.69, 9.17) is 0 Å². The number of aromatic nitrogens is 4. The van der Waals surface area contributed by atoms with Crippen LogP contribution in [-0.2, 0) is 0 Å². The monoisotopic (exact) mass is 328 g/mol. The van der Waals surface area contributed by atoms with Crippen LogP contribution in [0.5, 0.6) is 5.75 Å². The summed E-state index contributed by atoms with van der Waals surface area (Å²) in [6.45, 7) is 0. The SMILES string of the molecule is O=c1c(-c2cccs2)nnc2sc(-c3ccc(O)cc3)nn12. The fraction of sp³-hybridized carbons (Fsp3) is 0. The summed E-state index contributed by atoms with van der Waals surface area (Å²) in [7, 11) is 0. The molecule has 0 aliphatic carbocycles. The second-order valence-corrected chi connectivity index (χ2v) is 6.38. The first kappa shape index (κ1) is 13.1. The Labute approximate surface area is 132 Å². The fourth-order valence-corrected chi connectivity index (χ4v) is 3.55. The van der Waals surface area contributed by atoms with Crippen LogP contribution in [0.3, 0.4) is 0 Å². The van der Waals surface area contributed by atoms with E-state index >= 15 is 0 Å². The van der Waals surface area contributed by atoms with Gasteiger partial charge in [-0.3, -0.25) is 4.79 Å². The van der Waals surface area contributed by atoms with E-state index in [1.165, 1.54) is 27.2 Å². The average molecular weight is 328 g/mol. The number of nitrogens with zero attached hydrogens (tertiary/aromatic N) is 4. The first-order chi connectivity index (χ1) is 10.7. The van der Waals surface area contributed by atoms with Gasteiger partial charge in [0.2, 0.25) is 4.96 Å². The zero-order chi connectivity index (χ0) is 15.1. The fourth-order valence-electron chi connectivity index (χ4n) is 2.00. The molecule has 4 aromatic rings. The molecule has 0 saturated heterocycles. The van der Waals surface area contributed by atoms with Crippen molar-refractivity contribution in [2.24, 2.45) is 0 Å². The maximum atomic E-state index is 12.5. The number of benzene rings is 1. The third-order valence-electron chi connectivity index (χ3n) is 3.06. The zero-order valence-electron chi connectivity index (χ0n) is 11.0. The van der Waals surface area contributed by atoms with Crippen LogP contribution in [-0.4, -0.2) is 24.9 Å². The molecule has 0 atom stereocenters. The highest BCUT2D eigenvalue weighted by molar-refractivity contribution is 7.19. The van der Waals surface area contributed by atoms with E-state index in [-0.39, 0.29) is 11.3 Å². The lowest BCUT2D eigenvalue weighted by atomic mass is 10.2. The van der Waals surface area contributed by atoms with E-state index in [1.54, 1.807) is 24.3 Å². The molecule has 0 amide bonds. The molecule has 0 saturated carbocycles. The van der Waals surface area contributed by atoms with Crippen LogP contribution < -0.4 is 5.56 Å². The lowest BCUT2D eigenvalue weighted by Crippen LogP contribution is -2.18. The van der Waals surface area contributed by atoms with E-state index in [0.717, 1.165) is 10.4 Å². The summed E-state index contributed by atoms with van der Waals surface area (Å²) in [5.74, 6) is 0.182. The van der Waals surface area contributed by atoms with Gasteiger partial charge in [-0.15, -0.1) is 21.5 Å². The first-order valence-corrected chi connectivity index (χ1v) is 8.02. The average Bonchev–Trinajstić information content (AvgIpc) is 3.17. The van der Waals surface area contributed by atoms with Crippen molar-refractivity contribution in [2.45, 2.75) is 0 Å². The number of phenols is 1. The molecule has 4 rings (SSSR count). The van der Waals surface area contributed by atoms with Crippen LogP contribution in [0.25, 0.3) is 26.1 Å². The number of thiophene rings is 1. The molecular formula is C14H8N4O2S2. The normalized spacial score (nSPS) is 11.1. The molecular weight excluding hydrogens is 320 g/mol. The Bertz CT molecular complexity index is 1000. The maximum absolute atomic E-state index is 12.5. The van der Waals surface area contributed by atoms with Gasteiger partial charge >= 0.3 is 5.56 Å². The van der Waals surface area contributed by atoms with Gasteiger partial charge in [-0.2, -0.15) is 9.61 Å². The molecule has 0 unspecified atom stereocenters. The summed E-state index contributed by atoms with van der Waals surface area (Å²) < 4.78 is 1.27. The molecule has 3 aromatic heterocycles. The molecule has 0 aliphatic heterocycles. The minimum absolute atomic E-state index is 0.182. The molecule has 1 N–H and O–H groups in total. The third-order valence-corrected chi connectivity index (χ3v) is 4.88. The zero-order valence-corrected chi connectivity index (χ0v) is 12.6. The van der Waals surface area contributed by atoms with Crippen molar-refractivity contribution in [3.8, 4) is 26.9 Å². The number of aromatic hydroxyl groups is 1. The van der Waals surface area contributed by atoms with E-state index in [1.807, 2.05) is 17.5 Å². The smallest absolute Gasteiger partial charge is 0.302 e. The van der Waals surface area contributed by atoms with E-state index in [2.05, 4.69) is 15.3 Å². The van der Waals surface area contributed by atoms with Crippen LogP contribution >= 0.6 is 22.7 Å². The molecule has 0 bridgehead atoms. The summed E-state index contributed by atoms with van der Waals surface area (Å²) in [5.41, 5.74) is 0.828. The standard InChI is InChI=1S/C14H8N4O2S2/c19-9-5-3-8(4-6-9)12-17-18-13(20)11(10-2-1-7-21-10)15-16-14(18)22-12/h1-7,19H. The Balaban J connectivity index is 1.90. The quantitative estimate of drug-likeness (QED) is 0.612. The third kappa shape index (κ3) is 2.09. The molecule has 0 aliphatic rings. The summed E-state index contributed by atoms with van der Waals surface area (Å²) in [6.07, 6.45) is 0. The summed E-state index contributed by atoms with van der Waals surface area (Å²) in [5, 5.41) is 24.3. The Morgan fingerprint density at radius 1 is 1.09 bits per heavy atom. The summed E-state index contributed by atoms with van der Waals surface area (Å²) >= 11 is 2.71. The Kier molecular flexibility index (Phi) is 2.98. The molecule has 1 aromatic carbocycles. The summed E-state index contributed by atoms with van der Waals surface area (Å²) in [6, 6.07) is 10.3. The number of rotatable bonds is 2. The van der Waals surface area contributed by atoms with Crippen LogP contribution in [0.1, 0.15) is 0 Å². The molecule has 0 fully saturated rings. The first-order valence-electron chi connectivity index (χ1n) is 6.32. The largest absolute Gasteiger partial charge is 0.508 e. The van der Waals surface area contributed by atoms with Gasteiger partial charge in [0.15, 0.2) is 5.69 Å². The van der Waals surface area contributed by atoms with Gasteiger partial charge in [0, 0.05) is 5.56 Å². The lowest BCUT2D eigenvalue weighted by Gasteiger charge is -1.95. The van der Waals surface area contributed by atoms with Crippen molar-refractivity contribution in [1.29, 1.82) is 0 Å². The minimum Gasteiger partial charge on any atom is -0.508 e. The van der Waals surface area contributed by atoms with Crippen molar-refractivity contribution in [3.63, 3.8) is 0 Å². The Morgan fingerprint density at radius 3 is 2.64 bits per heavy atom. The van der Waals surface area contributed by atoms with Gasteiger partial charge in [-0.05, 0) is 35.7 Å². The van der Waals surface area contributed by atoms with Crippen molar-refractivity contribution < 1.29 is 5.11 Å². The van der Waals surface area contributed by atoms with Gasteiger partial charge in [-0.1, -0.05) is 17.4 Å². The molecule has 22 heavy (non-hydrogen) atoms. The molecule has 8 heteroatoms. The van der Waals surface area contributed by atoms with Crippen LogP contribution in [0.2, 0.25) is 0 Å². The number of hydrogen-bond acceptors (Lipinski definition) is 7. The van der Waals surface area contributed by atoms with Gasteiger partial charge in [0.25, 0.3) is 0 Å². The lowest BCUT2D eigenvalue weighted by molar-refractivity contribution is 0.475. The number of phenolic OH excluding ortho intramolecular Hbond substituents is 1. The van der Waals surface area contributed by atoms with E-state index in [0.29, 0.717) is 15.7 Å². The highest BCUT2D eigenvalue weighted by Crippen LogP contribution is 2.26. The minimum atomic E-state index is -0.284. The Hall–Kier alpha value is -2.58. The van der Waals surface area contributed by atoms with Crippen LogP contribution in [0, 0.1) is 0 Å². The summed E-state index contributed by atoms with van der Waals surface area (Å²) in [4.78, 5) is 13.7. The molecule has 0 radical (unpaired) electrons. The molecule has 3 heterocycles. The maximum Gasteiger partial charge on any atom is 0.302 e. The second kappa shape index (κ2) is 5.00. The van der Waals surface area contributed by atoms with Gasteiger partial charge < -0.3 is 5.11 Å². The highest BCUT2D eigenvalue weighted by atomic mass is 32.1. The van der Waals surface area contributed by atoms with Crippen molar-refractivity contribution in [1.82, 2.24) is 19.8 Å². The number of fused-ring (bicyclic) bond motifs is 1.